The number of hydrogen-bond acceptors (Lipinski definition) is 3. The third-order valence-corrected chi connectivity index (χ3v) is 5.39. The van der Waals surface area contributed by atoms with Gasteiger partial charge in [0.1, 0.15) is 5.65 Å². The molecule has 3 aromatic heterocycles. The lowest BCUT2D eigenvalue weighted by molar-refractivity contribution is 0.181. The van der Waals surface area contributed by atoms with Gasteiger partial charge in [-0.25, -0.2) is 4.98 Å². The maximum atomic E-state index is 10.7. The van der Waals surface area contributed by atoms with Crippen molar-refractivity contribution in [3.8, 4) is 11.3 Å². The maximum Gasteiger partial charge on any atom is 0.137 e. The number of rotatable bonds is 4. The minimum Gasteiger partial charge on any atom is -0.387 e. The summed E-state index contributed by atoms with van der Waals surface area (Å²) in [5.74, 6) is 0. The quantitative estimate of drug-likeness (QED) is 0.566. The summed E-state index contributed by atoms with van der Waals surface area (Å²) in [6.07, 6.45) is 2.11. The number of aryl methyl sites for hydroxylation is 2. The van der Waals surface area contributed by atoms with Crippen molar-refractivity contribution in [2.75, 3.05) is 0 Å². The van der Waals surface area contributed by atoms with Crippen LogP contribution in [-0.2, 0) is 6.42 Å². The normalized spacial score (nSPS) is 12.6. The van der Waals surface area contributed by atoms with E-state index in [2.05, 4.69) is 54.8 Å². The first-order valence-electron chi connectivity index (χ1n) is 8.38. The highest BCUT2D eigenvalue weighted by molar-refractivity contribution is 7.10. The van der Waals surface area contributed by atoms with Gasteiger partial charge in [-0.2, -0.15) is 0 Å². The van der Waals surface area contributed by atoms with Gasteiger partial charge in [0.25, 0.3) is 0 Å². The minimum absolute atomic E-state index is 0.524. The first-order valence-corrected chi connectivity index (χ1v) is 9.26. The molecule has 1 aromatic carbocycles. The van der Waals surface area contributed by atoms with Gasteiger partial charge in [0.05, 0.1) is 17.5 Å². The van der Waals surface area contributed by atoms with E-state index >= 15 is 0 Å². The van der Waals surface area contributed by atoms with Crippen LogP contribution in [-0.4, -0.2) is 14.5 Å². The van der Waals surface area contributed by atoms with E-state index in [1.165, 1.54) is 11.1 Å². The Balaban J connectivity index is 1.87. The molecule has 3 heterocycles. The number of aromatic nitrogens is 2. The van der Waals surface area contributed by atoms with E-state index in [0.717, 1.165) is 27.5 Å². The molecule has 4 rings (SSSR count). The molecule has 0 amide bonds. The van der Waals surface area contributed by atoms with Crippen molar-refractivity contribution in [3.05, 3.63) is 81.8 Å². The van der Waals surface area contributed by atoms with E-state index in [1.807, 2.05) is 23.6 Å². The molecule has 0 aliphatic carbocycles. The van der Waals surface area contributed by atoms with Crippen molar-refractivity contribution >= 4 is 17.0 Å². The van der Waals surface area contributed by atoms with Crippen molar-refractivity contribution in [1.29, 1.82) is 0 Å². The summed E-state index contributed by atoms with van der Waals surface area (Å²) in [5.41, 5.74) is 6.38. The predicted octanol–water partition coefficient (Wildman–Crippen LogP) is 4.96. The number of benzene rings is 1. The van der Waals surface area contributed by atoms with Crippen LogP contribution < -0.4 is 0 Å². The topological polar surface area (TPSA) is 37.5 Å². The fourth-order valence-corrected chi connectivity index (χ4v) is 3.89. The fraction of sp³-hybridized carbons (Fsp3) is 0.190. The van der Waals surface area contributed by atoms with Crippen molar-refractivity contribution in [1.82, 2.24) is 9.38 Å². The largest absolute Gasteiger partial charge is 0.387 e. The monoisotopic (exact) mass is 348 g/mol. The van der Waals surface area contributed by atoms with Crippen LogP contribution in [0.25, 0.3) is 16.9 Å². The first kappa shape index (κ1) is 16.1. The molecule has 1 N–H and O–H groups in total. The van der Waals surface area contributed by atoms with E-state index in [0.29, 0.717) is 6.42 Å². The molecule has 25 heavy (non-hydrogen) atoms. The van der Waals surface area contributed by atoms with Crippen LogP contribution in [0.3, 0.4) is 0 Å². The molecule has 0 aliphatic heterocycles. The number of thiophene rings is 1. The predicted molar refractivity (Wildman–Crippen MR) is 103 cm³/mol. The molecule has 4 aromatic rings. The molecule has 0 bridgehead atoms. The summed E-state index contributed by atoms with van der Waals surface area (Å²) in [6.45, 7) is 4.16. The molecule has 1 atom stereocenters. The fourth-order valence-electron chi connectivity index (χ4n) is 3.18. The van der Waals surface area contributed by atoms with Crippen molar-refractivity contribution in [3.63, 3.8) is 0 Å². The molecule has 4 heteroatoms. The molecule has 0 spiro atoms. The summed E-state index contributed by atoms with van der Waals surface area (Å²) in [6, 6.07) is 16.4. The number of hydrogen-bond donors (Lipinski definition) is 1. The highest BCUT2D eigenvalue weighted by Gasteiger charge is 2.19. The van der Waals surface area contributed by atoms with Gasteiger partial charge in [-0.1, -0.05) is 35.9 Å². The van der Waals surface area contributed by atoms with Crippen LogP contribution in [0.1, 0.15) is 27.8 Å². The number of nitrogens with zero attached hydrogens (tertiary/aromatic N) is 2. The molecule has 126 valence electrons. The number of aliphatic hydroxyl groups is 1. The maximum absolute atomic E-state index is 10.7. The standard InChI is InChI=1S/C21H20N2OS/c1-14-5-3-6-16(11-14)21-17(12-18(24)19-7-4-10-25-19)23-13-15(2)8-9-20(23)22-21/h3-11,13,18,24H,12H2,1-2H3. The van der Waals surface area contributed by atoms with Crippen molar-refractivity contribution in [2.45, 2.75) is 26.4 Å². The summed E-state index contributed by atoms with van der Waals surface area (Å²) in [7, 11) is 0. The highest BCUT2D eigenvalue weighted by atomic mass is 32.1. The first-order chi connectivity index (χ1) is 12.1. The molecule has 0 fully saturated rings. The van der Waals surface area contributed by atoms with Crippen LogP contribution in [0.2, 0.25) is 0 Å². The second-order valence-electron chi connectivity index (χ2n) is 6.45. The smallest absolute Gasteiger partial charge is 0.137 e. The molecule has 0 aliphatic rings. The Labute approximate surface area is 151 Å². The van der Waals surface area contributed by atoms with Gasteiger partial charge in [-0.15, -0.1) is 11.3 Å². The Hall–Kier alpha value is -2.43. The Morgan fingerprint density at radius 1 is 1.08 bits per heavy atom. The zero-order valence-corrected chi connectivity index (χ0v) is 15.1. The number of aliphatic hydroxyl groups excluding tert-OH is 1. The minimum atomic E-state index is -0.524. The van der Waals surface area contributed by atoms with Gasteiger partial charge in [0.15, 0.2) is 0 Å². The zero-order valence-electron chi connectivity index (χ0n) is 14.3. The Morgan fingerprint density at radius 2 is 1.96 bits per heavy atom. The summed E-state index contributed by atoms with van der Waals surface area (Å²) >= 11 is 1.59. The summed E-state index contributed by atoms with van der Waals surface area (Å²) < 4.78 is 2.11. The van der Waals surface area contributed by atoms with Crippen LogP contribution >= 0.6 is 11.3 Å². The second kappa shape index (κ2) is 6.47. The average molecular weight is 348 g/mol. The van der Waals surface area contributed by atoms with Crippen LogP contribution in [0.5, 0.6) is 0 Å². The molecule has 0 saturated heterocycles. The molecule has 0 radical (unpaired) electrons. The SMILES string of the molecule is Cc1cccc(-c2nc3ccc(C)cn3c2CC(O)c2cccs2)c1. The van der Waals surface area contributed by atoms with Gasteiger partial charge < -0.3 is 9.51 Å². The van der Waals surface area contributed by atoms with Gasteiger partial charge >= 0.3 is 0 Å². The van der Waals surface area contributed by atoms with E-state index in [9.17, 15) is 5.11 Å². The Kier molecular flexibility index (Phi) is 4.15. The van der Waals surface area contributed by atoms with Gasteiger partial charge in [0.2, 0.25) is 0 Å². The van der Waals surface area contributed by atoms with Crippen LogP contribution in [0.4, 0.5) is 0 Å². The van der Waals surface area contributed by atoms with Gasteiger partial charge in [0, 0.05) is 23.1 Å². The number of pyridine rings is 1. The molecular formula is C21H20N2OS. The molecule has 0 saturated carbocycles. The lowest BCUT2D eigenvalue weighted by Crippen LogP contribution is -2.04. The van der Waals surface area contributed by atoms with Gasteiger partial charge in [-0.05, 0) is 43.0 Å². The van der Waals surface area contributed by atoms with Gasteiger partial charge in [-0.3, -0.25) is 0 Å². The average Bonchev–Trinajstić information content (AvgIpc) is 3.23. The second-order valence-corrected chi connectivity index (χ2v) is 7.43. The lowest BCUT2D eigenvalue weighted by Gasteiger charge is -2.11. The highest BCUT2D eigenvalue weighted by Crippen LogP contribution is 2.30. The molecule has 1 unspecified atom stereocenters. The Bertz CT molecular complexity index is 1020. The third kappa shape index (κ3) is 3.11. The van der Waals surface area contributed by atoms with E-state index in [-0.39, 0.29) is 0 Å². The van der Waals surface area contributed by atoms with E-state index in [1.54, 1.807) is 11.3 Å². The van der Waals surface area contributed by atoms with Crippen molar-refractivity contribution in [2.24, 2.45) is 0 Å². The van der Waals surface area contributed by atoms with E-state index in [4.69, 9.17) is 4.98 Å². The number of fused-ring (bicyclic) bond motifs is 1. The summed E-state index contributed by atoms with van der Waals surface area (Å²) in [4.78, 5) is 5.84. The lowest BCUT2D eigenvalue weighted by atomic mass is 10.0. The van der Waals surface area contributed by atoms with Crippen molar-refractivity contribution < 1.29 is 5.11 Å². The van der Waals surface area contributed by atoms with Crippen LogP contribution in [0.15, 0.2) is 60.1 Å². The summed E-state index contributed by atoms with van der Waals surface area (Å²) in [5, 5.41) is 12.7. The molecular weight excluding hydrogens is 328 g/mol. The zero-order chi connectivity index (χ0) is 17.4. The molecule has 3 nitrogen and oxygen atoms in total. The Morgan fingerprint density at radius 3 is 2.72 bits per heavy atom. The number of imidazole rings is 1. The van der Waals surface area contributed by atoms with Crippen LogP contribution in [0, 0.1) is 13.8 Å². The third-order valence-electron chi connectivity index (χ3n) is 4.42. The van der Waals surface area contributed by atoms with E-state index < -0.39 is 6.10 Å².